The van der Waals surface area contributed by atoms with Gasteiger partial charge in [-0.05, 0) is 31.7 Å². The molecule has 2 fully saturated rings. The number of fused-ring (bicyclic) bond motifs is 1. The van der Waals surface area contributed by atoms with Gasteiger partial charge in [0.25, 0.3) is 0 Å². The molecule has 1 aliphatic carbocycles. The highest BCUT2D eigenvalue weighted by molar-refractivity contribution is 5.81. The highest BCUT2D eigenvalue weighted by Gasteiger charge is 2.31. The maximum Gasteiger partial charge on any atom is 0.231 e. The SMILES string of the molecule is O=C(NC1CCN(Cc2cc3c(cc2O)OCO3)CC1)C1CC1. The third-order valence-electron chi connectivity index (χ3n) is 4.85. The predicted octanol–water partition coefficient (Wildman–Crippen LogP) is 1.61. The third kappa shape index (κ3) is 3.22. The second-order valence-corrected chi connectivity index (χ2v) is 6.67. The Hall–Kier alpha value is -1.95. The van der Waals surface area contributed by atoms with Crippen molar-refractivity contribution in [3.05, 3.63) is 17.7 Å². The van der Waals surface area contributed by atoms with Crippen molar-refractivity contribution in [1.29, 1.82) is 0 Å². The van der Waals surface area contributed by atoms with Gasteiger partial charge >= 0.3 is 0 Å². The van der Waals surface area contributed by atoms with Crippen molar-refractivity contribution < 1.29 is 19.4 Å². The van der Waals surface area contributed by atoms with Crippen LogP contribution in [0.1, 0.15) is 31.2 Å². The first-order chi connectivity index (χ1) is 11.2. The Bertz CT molecular complexity index is 607. The van der Waals surface area contributed by atoms with E-state index in [1.807, 2.05) is 6.07 Å². The van der Waals surface area contributed by atoms with Crippen LogP contribution in [0.25, 0.3) is 0 Å². The molecule has 0 unspecified atom stereocenters. The number of hydrogen-bond acceptors (Lipinski definition) is 5. The number of carbonyl (C=O) groups is 1. The van der Waals surface area contributed by atoms with Crippen LogP contribution in [0.3, 0.4) is 0 Å². The number of amides is 1. The van der Waals surface area contributed by atoms with Crippen LogP contribution < -0.4 is 14.8 Å². The maximum atomic E-state index is 11.8. The zero-order valence-electron chi connectivity index (χ0n) is 13.1. The van der Waals surface area contributed by atoms with E-state index in [-0.39, 0.29) is 24.4 Å². The minimum atomic E-state index is 0.213. The van der Waals surface area contributed by atoms with E-state index in [9.17, 15) is 9.90 Å². The van der Waals surface area contributed by atoms with E-state index in [1.165, 1.54) is 0 Å². The molecule has 2 aliphatic heterocycles. The first-order valence-corrected chi connectivity index (χ1v) is 8.33. The van der Waals surface area contributed by atoms with E-state index in [1.54, 1.807) is 6.07 Å². The van der Waals surface area contributed by atoms with E-state index in [2.05, 4.69) is 10.2 Å². The second kappa shape index (κ2) is 5.92. The van der Waals surface area contributed by atoms with Crippen molar-refractivity contribution in [1.82, 2.24) is 10.2 Å². The smallest absolute Gasteiger partial charge is 0.231 e. The van der Waals surface area contributed by atoms with Gasteiger partial charge in [0.2, 0.25) is 12.7 Å². The summed E-state index contributed by atoms with van der Waals surface area (Å²) in [4.78, 5) is 14.1. The maximum absolute atomic E-state index is 11.8. The van der Waals surface area contributed by atoms with Gasteiger partial charge in [-0.25, -0.2) is 0 Å². The van der Waals surface area contributed by atoms with Crippen molar-refractivity contribution in [3.63, 3.8) is 0 Å². The number of carbonyl (C=O) groups excluding carboxylic acids is 1. The molecule has 2 N–H and O–H groups in total. The van der Waals surface area contributed by atoms with Crippen LogP contribution in [0.15, 0.2) is 12.1 Å². The summed E-state index contributed by atoms with van der Waals surface area (Å²) < 4.78 is 10.6. The van der Waals surface area contributed by atoms with E-state index in [4.69, 9.17) is 9.47 Å². The third-order valence-corrected chi connectivity index (χ3v) is 4.85. The molecule has 0 radical (unpaired) electrons. The van der Waals surface area contributed by atoms with Gasteiger partial charge in [0, 0.05) is 43.2 Å². The number of benzene rings is 1. The molecule has 6 heteroatoms. The van der Waals surface area contributed by atoms with Crippen LogP contribution in [0.4, 0.5) is 0 Å². The Kier molecular flexibility index (Phi) is 3.77. The molecule has 23 heavy (non-hydrogen) atoms. The number of ether oxygens (including phenoxy) is 2. The number of piperidine rings is 1. The number of rotatable bonds is 4. The molecule has 0 spiro atoms. The van der Waals surface area contributed by atoms with Crippen LogP contribution >= 0.6 is 0 Å². The van der Waals surface area contributed by atoms with Crippen molar-refractivity contribution in [3.8, 4) is 17.2 Å². The Labute approximate surface area is 135 Å². The van der Waals surface area contributed by atoms with Gasteiger partial charge < -0.3 is 19.9 Å². The normalized spacial score (nSPS) is 21.4. The molecule has 3 aliphatic rings. The fraction of sp³-hybridized carbons (Fsp3) is 0.588. The van der Waals surface area contributed by atoms with E-state index < -0.39 is 0 Å². The highest BCUT2D eigenvalue weighted by atomic mass is 16.7. The molecule has 0 bridgehead atoms. The summed E-state index contributed by atoms with van der Waals surface area (Å²) in [5, 5.41) is 13.3. The summed E-state index contributed by atoms with van der Waals surface area (Å²) >= 11 is 0. The quantitative estimate of drug-likeness (QED) is 0.882. The summed E-state index contributed by atoms with van der Waals surface area (Å²) in [7, 11) is 0. The second-order valence-electron chi connectivity index (χ2n) is 6.67. The Morgan fingerprint density at radius 1 is 1.17 bits per heavy atom. The van der Waals surface area contributed by atoms with Gasteiger partial charge in [-0.15, -0.1) is 0 Å². The summed E-state index contributed by atoms with van der Waals surface area (Å²) in [6.45, 7) is 2.74. The fourth-order valence-corrected chi connectivity index (χ4v) is 3.24. The Morgan fingerprint density at radius 3 is 2.57 bits per heavy atom. The van der Waals surface area contributed by atoms with Gasteiger partial charge in [-0.2, -0.15) is 0 Å². The van der Waals surface area contributed by atoms with E-state index in [0.29, 0.717) is 24.1 Å². The molecular formula is C17H22N2O4. The standard InChI is InChI=1S/C17H22N2O4/c20-14-8-16-15(22-10-23-16)7-12(14)9-19-5-3-13(4-6-19)18-17(21)11-1-2-11/h7-8,11,13,20H,1-6,9-10H2,(H,18,21). The van der Waals surface area contributed by atoms with Crippen molar-refractivity contribution in [2.75, 3.05) is 19.9 Å². The van der Waals surface area contributed by atoms with Crippen molar-refractivity contribution in [2.45, 2.75) is 38.3 Å². The highest BCUT2D eigenvalue weighted by Crippen LogP contribution is 2.38. The van der Waals surface area contributed by atoms with Gasteiger partial charge in [0.05, 0.1) is 0 Å². The zero-order chi connectivity index (χ0) is 15.8. The average molecular weight is 318 g/mol. The van der Waals surface area contributed by atoms with Crippen molar-refractivity contribution >= 4 is 5.91 Å². The molecule has 1 saturated carbocycles. The lowest BCUT2D eigenvalue weighted by molar-refractivity contribution is -0.123. The summed E-state index contributed by atoms with van der Waals surface area (Å²) in [6.07, 6.45) is 4.02. The molecule has 1 saturated heterocycles. The lowest BCUT2D eigenvalue weighted by atomic mass is 10.0. The first kappa shape index (κ1) is 14.6. The van der Waals surface area contributed by atoms with Gasteiger partial charge in [-0.3, -0.25) is 9.69 Å². The molecule has 1 aromatic carbocycles. The fourth-order valence-electron chi connectivity index (χ4n) is 3.24. The Morgan fingerprint density at radius 2 is 1.87 bits per heavy atom. The number of phenols is 1. The van der Waals surface area contributed by atoms with Crippen LogP contribution in [0, 0.1) is 5.92 Å². The molecule has 124 valence electrons. The number of likely N-dealkylation sites (tertiary alicyclic amines) is 1. The minimum Gasteiger partial charge on any atom is -0.507 e. The topological polar surface area (TPSA) is 71.0 Å². The van der Waals surface area contributed by atoms with Crippen LogP contribution in [0.5, 0.6) is 17.2 Å². The molecule has 6 nitrogen and oxygen atoms in total. The zero-order valence-corrected chi connectivity index (χ0v) is 13.1. The number of aromatic hydroxyl groups is 1. The lowest BCUT2D eigenvalue weighted by Gasteiger charge is -2.32. The van der Waals surface area contributed by atoms with Crippen LogP contribution in [-0.2, 0) is 11.3 Å². The summed E-state index contributed by atoms with van der Waals surface area (Å²) in [5.41, 5.74) is 0.856. The molecule has 0 atom stereocenters. The minimum absolute atomic E-state index is 0.213. The lowest BCUT2D eigenvalue weighted by Crippen LogP contribution is -2.44. The summed E-state index contributed by atoms with van der Waals surface area (Å²) in [6, 6.07) is 3.78. The largest absolute Gasteiger partial charge is 0.507 e. The number of nitrogens with one attached hydrogen (secondary N) is 1. The molecule has 1 aromatic rings. The molecule has 1 amide bonds. The number of nitrogens with zero attached hydrogens (tertiary/aromatic N) is 1. The molecule has 2 heterocycles. The van der Waals surface area contributed by atoms with Gasteiger partial charge in [-0.1, -0.05) is 0 Å². The molecule has 4 rings (SSSR count). The van der Waals surface area contributed by atoms with E-state index >= 15 is 0 Å². The van der Waals surface area contributed by atoms with Gasteiger partial charge in [0.15, 0.2) is 11.5 Å². The van der Waals surface area contributed by atoms with E-state index in [0.717, 1.165) is 44.3 Å². The molecule has 0 aromatic heterocycles. The monoisotopic (exact) mass is 318 g/mol. The first-order valence-electron chi connectivity index (χ1n) is 8.33. The summed E-state index contributed by atoms with van der Waals surface area (Å²) in [5.74, 6) is 2.06. The van der Waals surface area contributed by atoms with Crippen LogP contribution in [-0.4, -0.2) is 41.8 Å². The van der Waals surface area contributed by atoms with Gasteiger partial charge in [0.1, 0.15) is 5.75 Å². The Balaban J connectivity index is 1.31. The predicted molar refractivity (Wildman–Crippen MR) is 83.4 cm³/mol. The van der Waals surface area contributed by atoms with Crippen LogP contribution in [0.2, 0.25) is 0 Å². The number of phenolic OH excluding ortho intramolecular Hbond substituents is 1. The average Bonchev–Trinajstić information content (AvgIpc) is 3.30. The van der Waals surface area contributed by atoms with Crippen molar-refractivity contribution in [2.24, 2.45) is 5.92 Å². The molecular weight excluding hydrogens is 296 g/mol. The number of hydrogen-bond donors (Lipinski definition) is 2.